The van der Waals surface area contributed by atoms with Gasteiger partial charge in [0.05, 0.1) is 23.2 Å². The van der Waals surface area contributed by atoms with Crippen LogP contribution in [0.2, 0.25) is 4.34 Å². The average Bonchev–Trinajstić information content (AvgIpc) is 2.95. The summed E-state index contributed by atoms with van der Waals surface area (Å²) in [5, 5.41) is 3.97. The Balaban J connectivity index is 2.13. The second kappa shape index (κ2) is 5.90. The van der Waals surface area contributed by atoms with Gasteiger partial charge in [-0.3, -0.25) is 0 Å². The van der Waals surface area contributed by atoms with Gasteiger partial charge in [-0.1, -0.05) is 22.9 Å². The molecule has 0 saturated carbocycles. The van der Waals surface area contributed by atoms with Crippen LogP contribution in [-0.4, -0.2) is 18.1 Å². The van der Waals surface area contributed by atoms with E-state index in [1.165, 1.54) is 29.8 Å². The highest BCUT2D eigenvalue weighted by Gasteiger charge is 2.17. The standard InChI is InChI=1S/C12H13ClN2O2S2/c1-6(8-4-5-9(13)18-8)14-12-15-7(2)10(19-12)11(16)17-3/h4-6H,1-3H3,(H,14,15). The van der Waals surface area contributed by atoms with E-state index in [-0.39, 0.29) is 12.0 Å². The maximum absolute atomic E-state index is 11.5. The van der Waals surface area contributed by atoms with E-state index in [1.807, 2.05) is 19.1 Å². The van der Waals surface area contributed by atoms with Gasteiger partial charge in [0.25, 0.3) is 0 Å². The lowest BCUT2D eigenvalue weighted by Crippen LogP contribution is -2.04. The Kier molecular flexibility index (Phi) is 4.44. The van der Waals surface area contributed by atoms with Gasteiger partial charge in [-0.15, -0.1) is 11.3 Å². The zero-order valence-electron chi connectivity index (χ0n) is 10.7. The molecule has 0 aliphatic heterocycles. The number of aryl methyl sites for hydroxylation is 1. The Labute approximate surface area is 124 Å². The van der Waals surface area contributed by atoms with Gasteiger partial charge in [-0.05, 0) is 26.0 Å². The minimum absolute atomic E-state index is 0.0912. The molecule has 0 spiro atoms. The van der Waals surface area contributed by atoms with Gasteiger partial charge < -0.3 is 10.1 Å². The number of nitrogens with zero attached hydrogens (tertiary/aromatic N) is 1. The van der Waals surface area contributed by atoms with Crippen molar-refractivity contribution >= 4 is 45.4 Å². The summed E-state index contributed by atoms with van der Waals surface area (Å²) in [4.78, 5) is 17.5. The van der Waals surface area contributed by atoms with E-state index in [1.54, 1.807) is 6.92 Å². The van der Waals surface area contributed by atoms with Crippen molar-refractivity contribution in [3.05, 3.63) is 31.9 Å². The molecule has 19 heavy (non-hydrogen) atoms. The molecule has 0 aliphatic carbocycles. The highest BCUT2D eigenvalue weighted by molar-refractivity contribution is 7.17. The summed E-state index contributed by atoms with van der Waals surface area (Å²) in [6.45, 7) is 3.82. The molecule has 2 aromatic heterocycles. The molecule has 1 atom stereocenters. The van der Waals surface area contributed by atoms with E-state index in [4.69, 9.17) is 16.3 Å². The first-order valence-corrected chi connectivity index (χ1v) is 7.60. The van der Waals surface area contributed by atoms with Crippen LogP contribution in [0.1, 0.15) is 33.2 Å². The fourth-order valence-electron chi connectivity index (χ4n) is 1.56. The number of thiophene rings is 1. The molecule has 102 valence electrons. The number of nitrogens with one attached hydrogen (secondary N) is 1. The van der Waals surface area contributed by atoms with Crippen molar-refractivity contribution in [2.24, 2.45) is 0 Å². The maximum Gasteiger partial charge on any atom is 0.350 e. The Morgan fingerprint density at radius 3 is 2.79 bits per heavy atom. The van der Waals surface area contributed by atoms with Gasteiger partial charge in [0, 0.05) is 4.88 Å². The molecule has 0 saturated heterocycles. The quantitative estimate of drug-likeness (QED) is 0.862. The van der Waals surface area contributed by atoms with E-state index in [0.717, 1.165) is 9.21 Å². The predicted molar refractivity (Wildman–Crippen MR) is 79.6 cm³/mol. The molecule has 2 heterocycles. The number of methoxy groups -OCH3 is 1. The summed E-state index contributed by atoms with van der Waals surface area (Å²) < 4.78 is 5.47. The van der Waals surface area contributed by atoms with Crippen LogP contribution in [0.3, 0.4) is 0 Å². The Morgan fingerprint density at radius 1 is 1.47 bits per heavy atom. The number of carbonyl (C=O) groups excluding carboxylic acids is 1. The van der Waals surface area contributed by atoms with E-state index in [2.05, 4.69) is 10.3 Å². The summed E-state index contributed by atoms with van der Waals surface area (Å²) in [6.07, 6.45) is 0. The number of ether oxygens (including phenoxy) is 1. The molecule has 2 rings (SSSR count). The summed E-state index contributed by atoms with van der Waals surface area (Å²) in [6, 6.07) is 3.94. The molecule has 2 aromatic rings. The molecule has 0 aliphatic rings. The molecule has 0 aromatic carbocycles. The molecular formula is C12H13ClN2O2S2. The van der Waals surface area contributed by atoms with Crippen molar-refractivity contribution in [2.75, 3.05) is 12.4 Å². The lowest BCUT2D eigenvalue weighted by atomic mass is 10.3. The highest BCUT2D eigenvalue weighted by Crippen LogP contribution is 2.31. The van der Waals surface area contributed by atoms with Crippen LogP contribution in [-0.2, 0) is 4.74 Å². The van der Waals surface area contributed by atoms with Crippen LogP contribution in [0.25, 0.3) is 0 Å². The third kappa shape index (κ3) is 3.26. The van der Waals surface area contributed by atoms with Crippen molar-refractivity contribution in [3.8, 4) is 0 Å². The van der Waals surface area contributed by atoms with Crippen molar-refractivity contribution in [1.29, 1.82) is 0 Å². The third-order valence-corrected chi connectivity index (χ3v) is 5.01. The van der Waals surface area contributed by atoms with Crippen LogP contribution in [0.15, 0.2) is 12.1 Å². The molecule has 7 heteroatoms. The number of esters is 1. The molecule has 1 unspecified atom stereocenters. The lowest BCUT2D eigenvalue weighted by Gasteiger charge is -2.10. The third-order valence-electron chi connectivity index (χ3n) is 2.53. The smallest absolute Gasteiger partial charge is 0.350 e. The first-order chi connectivity index (χ1) is 9.01. The van der Waals surface area contributed by atoms with E-state index in [0.29, 0.717) is 15.7 Å². The van der Waals surface area contributed by atoms with Gasteiger partial charge in [0.2, 0.25) is 0 Å². The number of rotatable bonds is 4. The van der Waals surface area contributed by atoms with Crippen LogP contribution in [0.4, 0.5) is 5.13 Å². The topological polar surface area (TPSA) is 51.2 Å². The van der Waals surface area contributed by atoms with Gasteiger partial charge in [-0.25, -0.2) is 9.78 Å². The summed E-state index contributed by atoms with van der Waals surface area (Å²) in [5.74, 6) is -0.352. The van der Waals surface area contributed by atoms with Crippen LogP contribution in [0, 0.1) is 6.92 Å². The average molecular weight is 317 g/mol. The Hall–Kier alpha value is -1.11. The second-order valence-corrected chi connectivity index (χ2v) is 6.68. The minimum Gasteiger partial charge on any atom is -0.465 e. The van der Waals surface area contributed by atoms with Gasteiger partial charge >= 0.3 is 5.97 Å². The minimum atomic E-state index is -0.352. The number of hydrogen-bond acceptors (Lipinski definition) is 6. The molecule has 0 amide bonds. The van der Waals surface area contributed by atoms with E-state index < -0.39 is 0 Å². The summed E-state index contributed by atoms with van der Waals surface area (Å²) in [7, 11) is 1.37. The predicted octanol–water partition coefficient (Wildman–Crippen LogP) is 4.13. The van der Waals surface area contributed by atoms with Crippen molar-refractivity contribution in [3.63, 3.8) is 0 Å². The first-order valence-electron chi connectivity index (χ1n) is 5.58. The maximum atomic E-state index is 11.5. The lowest BCUT2D eigenvalue weighted by molar-refractivity contribution is 0.0605. The fourth-order valence-corrected chi connectivity index (χ4v) is 3.59. The molecular weight excluding hydrogens is 304 g/mol. The zero-order chi connectivity index (χ0) is 14.0. The van der Waals surface area contributed by atoms with Gasteiger partial charge in [-0.2, -0.15) is 0 Å². The fraction of sp³-hybridized carbons (Fsp3) is 0.333. The number of aromatic nitrogens is 1. The van der Waals surface area contributed by atoms with Crippen molar-refractivity contribution in [1.82, 2.24) is 4.98 Å². The molecule has 4 nitrogen and oxygen atoms in total. The number of anilines is 1. The van der Waals surface area contributed by atoms with Crippen LogP contribution < -0.4 is 5.32 Å². The second-order valence-electron chi connectivity index (χ2n) is 3.93. The van der Waals surface area contributed by atoms with Gasteiger partial charge in [0.1, 0.15) is 4.88 Å². The summed E-state index contributed by atoms with van der Waals surface area (Å²) in [5.41, 5.74) is 0.677. The highest BCUT2D eigenvalue weighted by atomic mass is 35.5. The van der Waals surface area contributed by atoms with Crippen LogP contribution in [0.5, 0.6) is 0 Å². The van der Waals surface area contributed by atoms with Crippen molar-refractivity contribution in [2.45, 2.75) is 19.9 Å². The monoisotopic (exact) mass is 316 g/mol. The molecule has 1 N–H and O–H groups in total. The normalized spacial score (nSPS) is 12.2. The zero-order valence-corrected chi connectivity index (χ0v) is 13.1. The van der Waals surface area contributed by atoms with E-state index in [9.17, 15) is 4.79 Å². The van der Waals surface area contributed by atoms with Crippen molar-refractivity contribution < 1.29 is 9.53 Å². The van der Waals surface area contributed by atoms with Crippen LogP contribution >= 0.6 is 34.3 Å². The number of thiazole rings is 1. The number of halogens is 1. The van der Waals surface area contributed by atoms with E-state index >= 15 is 0 Å². The van der Waals surface area contributed by atoms with Gasteiger partial charge in [0.15, 0.2) is 5.13 Å². The largest absolute Gasteiger partial charge is 0.465 e. The Bertz CT molecular complexity index is 594. The number of hydrogen-bond donors (Lipinski definition) is 1. The number of carbonyl (C=O) groups is 1. The molecule has 0 bridgehead atoms. The Morgan fingerprint density at radius 2 is 2.21 bits per heavy atom. The molecule has 0 radical (unpaired) electrons. The SMILES string of the molecule is COC(=O)c1sc(NC(C)c2ccc(Cl)s2)nc1C. The summed E-state index contributed by atoms with van der Waals surface area (Å²) >= 11 is 8.74. The first kappa shape index (κ1) is 14.3. The molecule has 0 fully saturated rings.